The van der Waals surface area contributed by atoms with Crippen molar-refractivity contribution in [2.45, 2.75) is 114 Å². The van der Waals surface area contributed by atoms with Crippen LogP contribution in [0.15, 0.2) is 11.1 Å². The van der Waals surface area contributed by atoms with Gasteiger partial charge in [0, 0.05) is 38.1 Å². The lowest BCUT2D eigenvalue weighted by atomic mass is 9.45. The summed E-state index contributed by atoms with van der Waals surface area (Å²) in [5.41, 5.74) is -3.19. The lowest BCUT2D eigenvalue weighted by Crippen LogP contribution is -2.81. The van der Waals surface area contributed by atoms with E-state index in [-0.39, 0.29) is 18.8 Å². The zero-order valence-electron chi connectivity index (χ0n) is 28.9. The zero-order chi connectivity index (χ0) is 36.3. The molecule has 10 unspecified atom stereocenters. The van der Waals surface area contributed by atoms with Crippen LogP contribution in [-0.4, -0.2) is 86.1 Å². The molecule has 0 spiro atoms. The lowest BCUT2D eigenvalue weighted by Gasteiger charge is -2.67. The summed E-state index contributed by atoms with van der Waals surface area (Å²) in [5, 5.41) is 38.5. The number of hydrogen-bond donors (Lipinski definition) is 3. The molecule has 4 fully saturated rings. The summed E-state index contributed by atoms with van der Waals surface area (Å²) >= 11 is 0. The number of aliphatic hydroxyl groups is 3. The summed E-state index contributed by atoms with van der Waals surface area (Å²) < 4.78 is 27.6. The molecule has 2 saturated carbocycles. The fourth-order valence-corrected chi connectivity index (χ4v) is 116. The van der Waals surface area contributed by atoms with Crippen molar-refractivity contribution in [2.75, 3.05) is 6.61 Å². The molecule has 5 aliphatic rings. The zero-order valence-corrected chi connectivity index (χ0v) is 44.3. The molecular weight excluding hydrogens is 887 g/mol. The molecule has 0 aromatic rings. The highest BCUT2D eigenvalue weighted by Gasteiger charge is 2.76. The monoisotopic (exact) mass is 942 g/mol. The van der Waals surface area contributed by atoms with Crippen molar-refractivity contribution < 1.29 is 38.2 Å². The molecule has 4 bridgehead atoms. The molecule has 3 aliphatic carbocycles. The smallest absolute Gasteiger partial charge is 0.187 e. The van der Waals surface area contributed by atoms with E-state index in [0.29, 0.717) is 6.42 Å². The van der Waals surface area contributed by atoms with E-state index in [1.165, 1.54) is 0 Å². The first kappa shape index (κ1) is 44.3. The molecule has 0 amide bonds. The van der Waals surface area contributed by atoms with Crippen LogP contribution >= 0.6 is 105 Å². The number of Topliss-reactive ketones (excluding diaryl/α,β-unsaturated/α-hetero) is 1. The standard InChI is InChI=1S/C25H55O8P13Si2/c1-13-14(31-41(45(40)42(34)35)46(43(36)37)44(38)39)10-25(29)21(27)19-23(4)15(9-16-24(19,28)11-30-16)32-47(5,6)12-48(7,8)33-18(20(23)26)17(13)22(25,2)3/h14-16,18-19,21,27-29H,9-12,34-40H2,1-8H3/t14-,15-,16+,18+,19?,21-,23+,24-,25+,41?,45?/m0/s1. The van der Waals surface area contributed by atoms with Gasteiger partial charge in [0.15, 0.2) is 22.4 Å². The Morgan fingerprint density at radius 3 is 1.96 bits per heavy atom. The average Bonchev–Trinajstić information content (AvgIpc) is 2.94. The Kier molecular flexibility index (Phi) is 14.2. The molecule has 8 nitrogen and oxygen atoms in total. The Hall–Kier alpha value is 5.15. The molecule has 2 saturated heterocycles. The van der Waals surface area contributed by atoms with Crippen LogP contribution in [0, 0.1) is 16.7 Å². The van der Waals surface area contributed by atoms with Crippen LogP contribution in [0.3, 0.4) is 0 Å². The third-order valence-corrected chi connectivity index (χ3v) is 90.7. The molecule has 48 heavy (non-hydrogen) atoms. The fourth-order valence-electron chi connectivity index (χ4n) is 9.19. The minimum absolute atomic E-state index is 0.00365. The number of fused-ring (bicyclic) bond motifs is 6. The SMILES string of the molecule is CC1=C2[C@H]3O[Si](C)(C)C[Si](C)(C)O[C@H]4C[C@H]5OC[C@@]5(O)C([C@H](O)[C@](O)(C[C@@H]1OP(P(P)P(P)P)P(P(P)P)P(P)P)C2(C)C)[C@]4(C)C3=O. The predicted octanol–water partition coefficient (Wildman–Crippen LogP) is 9.59. The summed E-state index contributed by atoms with van der Waals surface area (Å²) in [4.78, 5) is 15.6. The van der Waals surface area contributed by atoms with Gasteiger partial charge in [-0.1, -0.05) is 22.8 Å². The fraction of sp³-hybridized carbons (Fsp3) is 0.880. The van der Waals surface area contributed by atoms with Crippen LogP contribution in [0.1, 0.15) is 40.5 Å². The van der Waals surface area contributed by atoms with Gasteiger partial charge in [-0.15, -0.1) is 53.6 Å². The van der Waals surface area contributed by atoms with Crippen molar-refractivity contribution in [1.82, 2.24) is 0 Å². The number of carbonyl (C=O) groups is 1. The molecule has 0 aromatic heterocycles. The summed E-state index contributed by atoms with van der Waals surface area (Å²) in [6.45, 7) is 14.0. The van der Waals surface area contributed by atoms with Gasteiger partial charge in [-0.2, -0.15) is 0 Å². The van der Waals surface area contributed by atoms with Crippen molar-refractivity contribution in [3.8, 4) is 0 Å². The molecule has 0 radical (unpaired) electrons. The van der Waals surface area contributed by atoms with Crippen LogP contribution in [0.2, 0.25) is 31.9 Å². The Morgan fingerprint density at radius 1 is 0.896 bits per heavy atom. The third kappa shape index (κ3) is 7.48. The van der Waals surface area contributed by atoms with E-state index in [2.05, 4.69) is 95.6 Å². The van der Waals surface area contributed by atoms with E-state index >= 15 is 4.79 Å². The Labute approximate surface area is 312 Å². The topological polar surface area (TPSA) is 115 Å². The Morgan fingerprint density at radius 2 is 1.46 bits per heavy atom. The highest BCUT2D eigenvalue weighted by Crippen LogP contribution is 3.17. The molecular formula is C25H55O8P13Si2. The van der Waals surface area contributed by atoms with Gasteiger partial charge in [-0.25, -0.2) is 0 Å². The second-order valence-electron chi connectivity index (χ2n) is 15.8. The highest BCUT2D eigenvalue weighted by molar-refractivity contribution is 9.19. The maximum Gasteiger partial charge on any atom is 0.187 e. The van der Waals surface area contributed by atoms with Crippen molar-refractivity contribution >= 4 is 127 Å². The maximum absolute atomic E-state index is 15.6. The van der Waals surface area contributed by atoms with Crippen LogP contribution in [0.5, 0.6) is 0 Å². The summed E-state index contributed by atoms with van der Waals surface area (Å²) in [7, 11) is 15.4. The van der Waals surface area contributed by atoms with Crippen molar-refractivity contribution in [3.63, 3.8) is 0 Å². The van der Waals surface area contributed by atoms with Crippen molar-refractivity contribution in [3.05, 3.63) is 11.1 Å². The Bertz CT molecular complexity index is 1320. The van der Waals surface area contributed by atoms with E-state index < -0.39 is 118 Å². The van der Waals surface area contributed by atoms with E-state index in [9.17, 15) is 15.3 Å². The van der Waals surface area contributed by atoms with Crippen molar-refractivity contribution in [2.24, 2.45) is 16.7 Å². The average molecular weight is 943 g/mol. The summed E-state index contributed by atoms with van der Waals surface area (Å²) in [5.74, 6) is -1.19. The Balaban J connectivity index is 1.78. The number of rotatable bonds is 7. The van der Waals surface area contributed by atoms with Crippen LogP contribution in [0.4, 0.5) is 0 Å². The summed E-state index contributed by atoms with van der Waals surface area (Å²) in [6, 6.07) is 0. The number of carbonyl (C=O) groups excluding carboxylic acids is 1. The van der Waals surface area contributed by atoms with Crippen LogP contribution in [0.25, 0.3) is 0 Å². The molecule has 2 aliphatic heterocycles. The quantitative estimate of drug-likeness (QED) is 0.132. The van der Waals surface area contributed by atoms with Gasteiger partial charge >= 0.3 is 0 Å². The first-order valence-corrected chi connectivity index (χ1v) is 44.9. The van der Waals surface area contributed by atoms with Gasteiger partial charge in [0.25, 0.3) is 0 Å². The van der Waals surface area contributed by atoms with Gasteiger partial charge < -0.3 is 33.4 Å². The number of ketones is 1. The normalized spacial score (nSPS) is 43.2. The molecule has 18 atom stereocenters. The number of ether oxygens (including phenoxy) is 1. The second kappa shape index (κ2) is 15.4. The van der Waals surface area contributed by atoms with E-state index in [1.54, 1.807) is 0 Å². The maximum atomic E-state index is 15.6. The van der Waals surface area contributed by atoms with Gasteiger partial charge in [0.1, 0.15) is 17.3 Å². The number of aliphatic hydroxyl groups excluding tert-OH is 1. The molecule has 276 valence electrons. The van der Waals surface area contributed by atoms with Crippen LogP contribution in [-0.2, 0) is 22.9 Å². The molecule has 23 heteroatoms. The molecule has 5 rings (SSSR count). The minimum Gasteiger partial charge on any atom is -0.414 e. The third-order valence-electron chi connectivity index (χ3n) is 11.3. The summed E-state index contributed by atoms with van der Waals surface area (Å²) in [6.07, 6.45) is -3.62. The molecule has 2 heterocycles. The van der Waals surface area contributed by atoms with E-state index in [0.717, 1.165) is 16.8 Å². The molecule has 3 N–H and O–H groups in total. The van der Waals surface area contributed by atoms with Gasteiger partial charge in [0.05, 0.1) is 44.0 Å². The second-order valence-corrected chi connectivity index (χ2v) is 73.5. The van der Waals surface area contributed by atoms with E-state index in [4.69, 9.17) is 18.1 Å². The van der Waals surface area contributed by atoms with Crippen molar-refractivity contribution in [1.29, 1.82) is 0 Å². The van der Waals surface area contributed by atoms with Gasteiger partial charge in [-0.3, -0.25) is 4.79 Å². The van der Waals surface area contributed by atoms with E-state index in [1.807, 2.05) is 20.8 Å². The van der Waals surface area contributed by atoms with Gasteiger partial charge in [-0.05, 0) is 77.8 Å². The highest BCUT2D eigenvalue weighted by atomic mass is 33.2. The lowest BCUT2D eigenvalue weighted by molar-refractivity contribution is -0.342. The first-order chi connectivity index (χ1) is 21.8. The van der Waals surface area contributed by atoms with Crippen LogP contribution < -0.4 is 0 Å². The first-order valence-electron chi connectivity index (χ1n) is 15.8. The van der Waals surface area contributed by atoms with Gasteiger partial charge in [0.2, 0.25) is 0 Å². The predicted molar refractivity (Wildman–Crippen MR) is 242 cm³/mol. The largest absolute Gasteiger partial charge is 0.414 e. The molecule has 0 aromatic carbocycles. The number of hydrogen-bond acceptors (Lipinski definition) is 8. The minimum atomic E-state index is -2.54.